The van der Waals surface area contributed by atoms with Crippen molar-refractivity contribution in [3.8, 4) is 78.1 Å². The molecular formula is C118H103BN4. The molecule has 123 heavy (non-hydrogen) atoms. The minimum absolute atomic E-state index is 0.0900. The lowest BCUT2D eigenvalue weighted by molar-refractivity contribution is 0.568. The van der Waals surface area contributed by atoms with Crippen LogP contribution in [-0.2, 0) is 27.1 Å². The summed E-state index contributed by atoms with van der Waals surface area (Å²) in [6.45, 7) is 35.2. The Hall–Kier alpha value is -13.5. The summed E-state index contributed by atoms with van der Waals surface area (Å²) in [5.74, 6) is 0. The molecule has 0 N–H and O–H groups in total. The minimum atomic E-state index is -0.363. The third-order valence-electron chi connectivity index (χ3n) is 26.6. The number of anilines is 6. The Morgan fingerprint density at radius 1 is 0.203 bits per heavy atom. The molecule has 0 amide bonds. The smallest absolute Gasteiger partial charge is 0.252 e. The second kappa shape index (κ2) is 28.6. The van der Waals surface area contributed by atoms with Crippen LogP contribution in [0, 0.1) is 0 Å². The van der Waals surface area contributed by atoms with Crippen LogP contribution in [-0.4, -0.2) is 15.8 Å². The van der Waals surface area contributed by atoms with Crippen LogP contribution >= 0.6 is 0 Å². The van der Waals surface area contributed by atoms with Crippen LogP contribution in [0.5, 0.6) is 0 Å². The summed E-state index contributed by atoms with van der Waals surface area (Å²) in [4.78, 5) is 5.46. The molecule has 21 rings (SSSR count). The average Bonchev–Trinajstić information content (AvgIpc) is 1.55. The molecule has 4 heterocycles. The quantitative estimate of drug-likeness (QED) is 0.127. The van der Waals surface area contributed by atoms with Gasteiger partial charge in [0.05, 0.1) is 33.4 Å². The van der Waals surface area contributed by atoms with Crippen molar-refractivity contribution in [2.45, 2.75) is 131 Å². The Kier molecular flexibility index (Phi) is 17.9. The molecule has 0 spiro atoms. The molecule has 5 heteroatoms. The van der Waals surface area contributed by atoms with Crippen molar-refractivity contribution in [3.05, 3.63) is 380 Å². The molecule has 0 saturated heterocycles. The molecule has 0 radical (unpaired) electrons. The summed E-state index contributed by atoms with van der Waals surface area (Å²) in [7, 11) is 0. The third-order valence-corrected chi connectivity index (χ3v) is 26.6. The SMILES string of the molecule is CC(C)(C)c1cc(-c2cc3c(c4ccccc24)c2ccccc2n3-c2ccc3c(c2)N(c2c(-c4ccccc4)cccc2-c2ccccc2)c2cc(C(C)(C)C)cc4c2B3c2ccc(-n3c5ccccc5c5c6ccccc6c(-c6cc(C(C)(C)C)cc(C(C)(C)C)c6)cc53)cc2N4c2c(-c3ccccc3)cccc2-c2ccccc2)cc(C(C)(C)C)c1. The minimum Gasteiger partial charge on any atom is -0.310 e. The Labute approximate surface area is 725 Å². The van der Waals surface area contributed by atoms with Crippen LogP contribution in [0.2, 0.25) is 0 Å². The predicted molar refractivity (Wildman–Crippen MR) is 530 cm³/mol. The number of fused-ring (bicyclic) bond motifs is 14. The van der Waals surface area contributed by atoms with Gasteiger partial charge in [-0.1, -0.05) is 395 Å². The van der Waals surface area contributed by atoms with E-state index < -0.39 is 0 Å². The van der Waals surface area contributed by atoms with Gasteiger partial charge in [0.1, 0.15) is 0 Å². The van der Waals surface area contributed by atoms with Crippen molar-refractivity contribution in [1.29, 1.82) is 0 Å². The highest BCUT2D eigenvalue weighted by Crippen LogP contribution is 2.56. The standard InChI is InChI=1S/C118H103BN4/c1-114(2,3)80-62-78(63-81(66-80)115(4,5)6)97-72-105-109(93-48-30-28-46-91(93)97)95-50-32-34-56-101(95)120(105)85-58-60-99-103(70-85)122(112-87(74-38-20-16-21-39-74)52-36-53-88(112)75-40-22-17-23-41-75)107-68-84(118(13,14)15)69-108-111(107)119(99)100-61-59-86(71-104(100)123(108)113-89(76-42-24-18-25-43-76)54-37-55-90(113)77-44-26-19-27-45-77)121-102-57-35-33-51-96(102)110-94-49-31-29-47-92(94)98(73-106(110)121)79-64-82(116(7,8)9)67-83(65-79)117(10,11)12/h16-73H,1-15H3. The van der Waals surface area contributed by atoms with Gasteiger partial charge in [-0.3, -0.25) is 0 Å². The monoisotopic (exact) mass is 1590 g/mol. The second-order valence-electron chi connectivity index (χ2n) is 39.7. The topological polar surface area (TPSA) is 16.3 Å². The lowest BCUT2D eigenvalue weighted by Crippen LogP contribution is -2.61. The Morgan fingerprint density at radius 2 is 0.488 bits per heavy atom. The number of para-hydroxylation sites is 4. The Balaban J connectivity index is 0.911. The van der Waals surface area contributed by atoms with Gasteiger partial charge in [0.15, 0.2) is 0 Å². The molecular weight excluding hydrogens is 1480 g/mol. The van der Waals surface area contributed by atoms with Crippen molar-refractivity contribution in [3.63, 3.8) is 0 Å². The largest absolute Gasteiger partial charge is 0.310 e. The highest BCUT2D eigenvalue weighted by Gasteiger charge is 2.47. The summed E-state index contributed by atoms with van der Waals surface area (Å²) in [5.41, 5.74) is 37.0. The lowest BCUT2D eigenvalue weighted by Gasteiger charge is -2.46. The number of benzene rings is 17. The second-order valence-corrected chi connectivity index (χ2v) is 39.7. The molecule has 0 atom stereocenters. The van der Waals surface area contributed by atoms with Gasteiger partial charge >= 0.3 is 0 Å². The maximum Gasteiger partial charge on any atom is 0.252 e. The molecule has 19 aromatic rings. The zero-order chi connectivity index (χ0) is 84.5. The van der Waals surface area contributed by atoms with E-state index in [1.54, 1.807) is 0 Å². The van der Waals surface area contributed by atoms with E-state index in [1.165, 1.54) is 110 Å². The average molecular weight is 1590 g/mol. The van der Waals surface area contributed by atoms with E-state index in [-0.39, 0.29) is 33.8 Å². The first kappa shape index (κ1) is 76.9. The first-order valence-corrected chi connectivity index (χ1v) is 44.0. The fraction of sp³-hybridized carbons (Fsp3) is 0.169. The van der Waals surface area contributed by atoms with Crippen LogP contribution in [0.25, 0.3) is 143 Å². The molecule has 0 bridgehead atoms. The highest BCUT2D eigenvalue weighted by molar-refractivity contribution is 7.00. The zero-order valence-corrected chi connectivity index (χ0v) is 73.4. The van der Waals surface area contributed by atoms with Gasteiger partial charge in [-0.25, -0.2) is 0 Å². The molecule has 2 aliphatic heterocycles. The molecule has 0 saturated carbocycles. The van der Waals surface area contributed by atoms with Gasteiger partial charge in [0.2, 0.25) is 0 Å². The van der Waals surface area contributed by atoms with Gasteiger partial charge in [-0.2, -0.15) is 0 Å². The van der Waals surface area contributed by atoms with Crippen LogP contribution in [0.3, 0.4) is 0 Å². The van der Waals surface area contributed by atoms with Crippen molar-refractivity contribution >= 4 is 122 Å². The molecule has 2 aliphatic rings. The maximum absolute atomic E-state index is 2.73. The lowest BCUT2D eigenvalue weighted by atomic mass is 9.33. The van der Waals surface area contributed by atoms with Crippen molar-refractivity contribution in [2.24, 2.45) is 0 Å². The number of hydrogen-bond donors (Lipinski definition) is 0. The van der Waals surface area contributed by atoms with Crippen molar-refractivity contribution in [2.75, 3.05) is 9.80 Å². The fourth-order valence-electron chi connectivity index (χ4n) is 20.1. The molecule has 0 aliphatic carbocycles. The van der Waals surface area contributed by atoms with Gasteiger partial charge < -0.3 is 18.9 Å². The van der Waals surface area contributed by atoms with Crippen LogP contribution in [0.15, 0.2) is 352 Å². The Bertz CT molecular complexity index is 6880. The van der Waals surface area contributed by atoms with Crippen LogP contribution in [0.1, 0.15) is 132 Å². The van der Waals surface area contributed by atoms with Gasteiger partial charge in [-0.15, -0.1) is 0 Å². The van der Waals surface area contributed by atoms with E-state index in [9.17, 15) is 0 Å². The normalized spacial score (nSPS) is 13.1. The molecule has 17 aromatic carbocycles. The molecule has 598 valence electrons. The molecule has 4 nitrogen and oxygen atoms in total. The van der Waals surface area contributed by atoms with E-state index in [4.69, 9.17) is 0 Å². The summed E-state index contributed by atoms with van der Waals surface area (Å²) < 4.78 is 5.20. The van der Waals surface area contributed by atoms with Gasteiger partial charge in [0, 0.05) is 77.9 Å². The van der Waals surface area contributed by atoms with Crippen LogP contribution in [0.4, 0.5) is 34.1 Å². The van der Waals surface area contributed by atoms with Crippen LogP contribution < -0.4 is 26.2 Å². The highest BCUT2D eigenvalue weighted by atomic mass is 15.2. The molecule has 0 fully saturated rings. The first-order chi connectivity index (χ1) is 59.2. The maximum atomic E-state index is 2.73. The van der Waals surface area contributed by atoms with Crippen molar-refractivity contribution < 1.29 is 0 Å². The summed E-state index contributed by atoms with van der Waals surface area (Å²) >= 11 is 0. The number of nitrogens with zero attached hydrogens (tertiary/aromatic N) is 4. The summed E-state index contributed by atoms with van der Waals surface area (Å²) in [5, 5.41) is 9.88. The third kappa shape index (κ3) is 12.8. The summed E-state index contributed by atoms with van der Waals surface area (Å²) in [6.07, 6.45) is 0. The Morgan fingerprint density at radius 3 is 0.805 bits per heavy atom. The fourth-order valence-corrected chi connectivity index (χ4v) is 20.1. The number of aromatic nitrogens is 2. The zero-order valence-electron chi connectivity index (χ0n) is 73.4. The number of hydrogen-bond acceptors (Lipinski definition) is 2. The van der Waals surface area contributed by atoms with E-state index in [0.29, 0.717) is 0 Å². The van der Waals surface area contributed by atoms with Gasteiger partial charge in [0.25, 0.3) is 6.71 Å². The van der Waals surface area contributed by atoms with E-state index >= 15 is 0 Å². The molecule has 0 unspecified atom stereocenters. The predicted octanol–water partition coefficient (Wildman–Crippen LogP) is 30.8. The van der Waals surface area contributed by atoms with Gasteiger partial charge in [-0.05, 0) is 198 Å². The first-order valence-electron chi connectivity index (χ1n) is 44.0. The van der Waals surface area contributed by atoms with Crippen molar-refractivity contribution in [1.82, 2.24) is 9.13 Å². The van der Waals surface area contributed by atoms with E-state index in [0.717, 1.165) is 112 Å². The number of rotatable bonds is 10. The summed E-state index contributed by atoms with van der Waals surface area (Å²) in [6, 6.07) is 135. The van der Waals surface area contributed by atoms with E-state index in [2.05, 4.69) is 475 Å². The van der Waals surface area contributed by atoms with E-state index in [1.807, 2.05) is 0 Å². The molecule has 2 aromatic heterocycles.